The van der Waals surface area contributed by atoms with Gasteiger partial charge in [0.05, 0.1) is 23.2 Å². The van der Waals surface area contributed by atoms with Crippen LogP contribution in [0, 0.1) is 11.3 Å². The van der Waals surface area contributed by atoms with Gasteiger partial charge in [-0.2, -0.15) is 5.26 Å². The van der Waals surface area contributed by atoms with Gasteiger partial charge in [0.1, 0.15) is 11.4 Å². The van der Waals surface area contributed by atoms with E-state index < -0.39 is 35.0 Å². The highest BCUT2D eigenvalue weighted by Gasteiger charge is 2.19. The van der Waals surface area contributed by atoms with E-state index in [9.17, 15) is 18.0 Å². The molecule has 0 radical (unpaired) electrons. The van der Waals surface area contributed by atoms with Crippen LogP contribution in [0.5, 0.6) is 0 Å². The van der Waals surface area contributed by atoms with E-state index in [1.54, 1.807) is 6.07 Å². The number of carbonyl (C=O) groups is 2. The first-order valence-corrected chi connectivity index (χ1v) is 7.30. The molecule has 1 amide bonds. The molecule has 10 heteroatoms. The van der Waals surface area contributed by atoms with Crippen molar-refractivity contribution in [2.45, 2.75) is 4.90 Å². The van der Waals surface area contributed by atoms with Gasteiger partial charge in [0.25, 0.3) is 0 Å². The highest BCUT2D eigenvalue weighted by Crippen LogP contribution is 2.22. The molecule has 0 aromatic heterocycles. The van der Waals surface area contributed by atoms with Crippen molar-refractivity contribution in [2.75, 3.05) is 13.1 Å². The van der Waals surface area contributed by atoms with Crippen molar-refractivity contribution in [3.05, 3.63) is 28.8 Å². The van der Waals surface area contributed by atoms with Crippen LogP contribution >= 0.6 is 11.6 Å². The van der Waals surface area contributed by atoms with Crippen LogP contribution in [0.1, 0.15) is 5.56 Å². The fourth-order valence-electron chi connectivity index (χ4n) is 1.26. The largest absolute Gasteiger partial charge is 0.480 e. The van der Waals surface area contributed by atoms with E-state index in [0.29, 0.717) is 0 Å². The number of carboxylic acid groups (broad SMARTS) is 1. The molecule has 0 atom stereocenters. The minimum atomic E-state index is -4.05. The number of halogens is 1. The Balaban J connectivity index is 2.77. The Morgan fingerprint density at radius 2 is 2.00 bits per heavy atom. The smallest absolute Gasteiger partial charge is 0.322 e. The van der Waals surface area contributed by atoms with Crippen LogP contribution in [0.4, 0.5) is 0 Å². The molecule has 0 aliphatic carbocycles. The van der Waals surface area contributed by atoms with Crippen LogP contribution in [0.2, 0.25) is 5.02 Å². The second-order valence-corrected chi connectivity index (χ2v) is 5.89. The first kappa shape index (κ1) is 16.9. The minimum absolute atomic E-state index is 0.160. The molecule has 21 heavy (non-hydrogen) atoms. The van der Waals surface area contributed by atoms with Crippen molar-refractivity contribution >= 4 is 33.5 Å². The van der Waals surface area contributed by atoms with Crippen LogP contribution < -0.4 is 10.0 Å². The number of aliphatic carboxylic acids is 1. The zero-order chi connectivity index (χ0) is 16.0. The van der Waals surface area contributed by atoms with Gasteiger partial charge in [-0.3, -0.25) is 9.59 Å². The molecule has 112 valence electrons. The molecule has 0 saturated heterocycles. The molecule has 3 N–H and O–H groups in total. The summed E-state index contributed by atoms with van der Waals surface area (Å²) in [6.07, 6.45) is 0. The van der Waals surface area contributed by atoms with Gasteiger partial charge in [0.15, 0.2) is 0 Å². The Hall–Kier alpha value is -2.15. The highest BCUT2D eigenvalue weighted by atomic mass is 35.5. The van der Waals surface area contributed by atoms with Crippen molar-refractivity contribution in [1.82, 2.24) is 10.0 Å². The molecule has 0 spiro atoms. The summed E-state index contributed by atoms with van der Waals surface area (Å²) in [5.74, 6) is -2.05. The Morgan fingerprint density at radius 1 is 1.33 bits per heavy atom. The molecule has 1 rings (SSSR count). The molecule has 1 aromatic rings. The summed E-state index contributed by atoms with van der Waals surface area (Å²) in [6.45, 7) is -1.25. The number of sulfonamides is 1. The summed E-state index contributed by atoms with van der Waals surface area (Å²) < 4.78 is 25.8. The summed E-state index contributed by atoms with van der Waals surface area (Å²) in [5, 5.41) is 18.9. The summed E-state index contributed by atoms with van der Waals surface area (Å²) >= 11 is 5.76. The van der Waals surface area contributed by atoms with E-state index in [1.807, 2.05) is 10.0 Å². The number of hydrogen-bond donors (Lipinski definition) is 3. The van der Waals surface area contributed by atoms with E-state index in [1.165, 1.54) is 12.1 Å². The fraction of sp³-hybridized carbons (Fsp3) is 0.182. The number of benzene rings is 1. The second kappa shape index (κ2) is 7.03. The minimum Gasteiger partial charge on any atom is -0.480 e. The number of amides is 1. The molecule has 8 nitrogen and oxygen atoms in total. The number of nitrogens with zero attached hydrogens (tertiary/aromatic N) is 1. The Labute approximate surface area is 125 Å². The van der Waals surface area contributed by atoms with Crippen LogP contribution in [-0.2, 0) is 19.6 Å². The quantitative estimate of drug-likeness (QED) is 0.654. The van der Waals surface area contributed by atoms with E-state index in [0.717, 1.165) is 6.07 Å². The van der Waals surface area contributed by atoms with Crippen molar-refractivity contribution in [2.24, 2.45) is 0 Å². The van der Waals surface area contributed by atoms with Gasteiger partial charge in [0, 0.05) is 0 Å². The molecule has 0 aliphatic heterocycles. The van der Waals surface area contributed by atoms with Crippen molar-refractivity contribution < 1.29 is 23.1 Å². The van der Waals surface area contributed by atoms with Gasteiger partial charge in [-0.25, -0.2) is 13.1 Å². The SMILES string of the molecule is N#Cc1ccc(S(=O)(=O)NCC(=O)NCC(=O)O)c(Cl)c1. The van der Waals surface area contributed by atoms with Gasteiger partial charge >= 0.3 is 5.97 Å². The number of nitrogens with one attached hydrogen (secondary N) is 2. The standard InChI is InChI=1S/C11H10ClN3O5S/c12-8-3-7(4-13)1-2-9(8)21(19,20)15-5-10(16)14-6-11(17)18/h1-3,15H,5-6H2,(H,14,16)(H,17,18). The average Bonchev–Trinajstić information content (AvgIpc) is 2.42. The summed E-state index contributed by atoms with van der Waals surface area (Å²) in [7, 11) is -4.05. The Morgan fingerprint density at radius 3 is 2.52 bits per heavy atom. The predicted octanol–water partition coefficient (Wildman–Crippen LogP) is -0.309. The lowest BCUT2D eigenvalue weighted by molar-refractivity contribution is -0.137. The molecule has 0 unspecified atom stereocenters. The molecule has 0 aliphatic rings. The third kappa shape index (κ3) is 5.03. The van der Waals surface area contributed by atoms with E-state index in [4.69, 9.17) is 22.0 Å². The van der Waals surface area contributed by atoms with Crippen LogP contribution in [0.15, 0.2) is 23.1 Å². The zero-order valence-corrected chi connectivity index (χ0v) is 12.0. The van der Waals surface area contributed by atoms with E-state index in [-0.39, 0.29) is 15.5 Å². The van der Waals surface area contributed by atoms with Crippen LogP contribution in [0.3, 0.4) is 0 Å². The maximum Gasteiger partial charge on any atom is 0.322 e. The summed E-state index contributed by atoms with van der Waals surface area (Å²) in [4.78, 5) is 21.2. The Kier molecular flexibility index (Phi) is 5.66. The number of rotatable bonds is 6. The number of hydrogen-bond acceptors (Lipinski definition) is 5. The van der Waals surface area contributed by atoms with Gasteiger partial charge in [-0.05, 0) is 18.2 Å². The highest BCUT2D eigenvalue weighted by molar-refractivity contribution is 7.89. The number of carboxylic acids is 1. The third-order valence-corrected chi connectivity index (χ3v) is 4.09. The average molecular weight is 332 g/mol. The molecule has 0 saturated carbocycles. The van der Waals surface area contributed by atoms with Gasteiger partial charge in [-0.15, -0.1) is 0 Å². The molecular formula is C11H10ClN3O5S. The van der Waals surface area contributed by atoms with Gasteiger partial charge in [-0.1, -0.05) is 11.6 Å². The predicted molar refractivity (Wildman–Crippen MR) is 72.0 cm³/mol. The fourth-order valence-corrected chi connectivity index (χ4v) is 2.79. The molecule has 0 heterocycles. The summed E-state index contributed by atoms with van der Waals surface area (Å²) in [6, 6.07) is 5.39. The lowest BCUT2D eigenvalue weighted by Gasteiger charge is -2.08. The van der Waals surface area contributed by atoms with E-state index in [2.05, 4.69) is 0 Å². The van der Waals surface area contributed by atoms with Gasteiger partial charge < -0.3 is 10.4 Å². The molecular weight excluding hydrogens is 322 g/mol. The second-order valence-electron chi connectivity index (χ2n) is 3.75. The molecule has 0 bridgehead atoms. The molecule has 1 aromatic carbocycles. The topological polar surface area (TPSA) is 136 Å². The number of nitriles is 1. The van der Waals surface area contributed by atoms with Crippen molar-refractivity contribution in [1.29, 1.82) is 5.26 Å². The first-order valence-electron chi connectivity index (χ1n) is 5.44. The lowest BCUT2D eigenvalue weighted by atomic mass is 10.2. The van der Waals surface area contributed by atoms with Crippen molar-refractivity contribution in [3.63, 3.8) is 0 Å². The maximum atomic E-state index is 11.9. The molecule has 0 fully saturated rings. The monoisotopic (exact) mass is 331 g/mol. The lowest BCUT2D eigenvalue weighted by Crippen LogP contribution is -2.39. The normalized spacial score (nSPS) is 10.7. The van der Waals surface area contributed by atoms with Crippen LogP contribution in [-0.4, -0.2) is 38.5 Å². The van der Waals surface area contributed by atoms with E-state index >= 15 is 0 Å². The zero-order valence-electron chi connectivity index (χ0n) is 10.5. The first-order chi connectivity index (χ1) is 9.76. The number of carbonyl (C=O) groups excluding carboxylic acids is 1. The van der Waals surface area contributed by atoms with Crippen molar-refractivity contribution in [3.8, 4) is 6.07 Å². The van der Waals surface area contributed by atoms with Gasteiger partial charge in [0.2, 0.25) is 15.9 Å². The maximum absolute atomic E-state index is 11.9. The Bertz CT molecular complexity index is 711. The summed E-state index contributed by atoms with van der Waals surface area (Å²) in [5.41, 5.74) is 0.193. The third-order valence-electron chi connectivity index (χ3n) is 2.21. The van der Waals surface area contributed by atoms with Crippen LogP contribution in [0.25, 0.3) is 0 Å².